The van der Waals surface area contributed by atoms with E-state index in [0.29, 0.717) is 13.1 Å². The molecule has 2 saturated heterocycles. The number of nitrogens with one attached hydrogen (secondary N) is 1. The van der Waals surface area contributed by atoms with Gasteiger partial charge in [0.2, 0.25) is 10.0 Å². The summed E-state index contributed by atoms with van der Waals surface area (Å²) < 4.78 is 27.3. The van der Waals surface area contributed by atoms with E-state index in [1.807, 2.05) is 13.8 Å². The molecule has 0 aromatic heterocycles. The van der Waals surface area contributed by atoms with Crippen molar-refractivity contribution in [3.8, 4) is 0 Å². The smallest absolute Gasteiger partial charge is 0.315 e. The van der Waals surface area contributed by atoms with E-state index in [1.54, 1.807) is 32.0 Å². The lowest BCUT2D eigenvalue weighted by molar-refractivity contribution is -0.910. The maximum atomic E-state index is 12.9. The van der Waals surface area contributed by atoms with E-state index in [-0.39, 0.29) is 30.7 Å². The number of urea groups is 1. The minimum atomic E-state index is -3.59. The molecule has 2 heterocycles. The zero-order valence-corrected chi connectivity index (χ0v) is 18.0. The van der Waals surface area contributed by atoms with Crippen LogP contribution < -0.4 is 4.90 Å². The van der Waals surface area contributed by atoms with Crippen LogP contribution in [-0.4, -0.2) is 79.3 Å². The molecule has 1 aromatic rings. The number of carbonyl (C=O) groups is 3. The lowest BCUT2D eigenvalue weighted by atomic mass is 10.1. The molecule has 0 atom stereocenters. The number of nitrogens with zero attached hydrogens (tertiary/aromatic N) is 3. The Morgan fingerprint density at radius 3 is 2.14 bits per heavy atom. The van der Waals surface area contributed by atoms with Crippen molar-refractivity contribution in [2.45, 2.75) is 38.6 Å². The Labute approximate surface area is 170 Å². The zero-order chi connectivity index (χ0) is 21.5. The number of rotatable bonds is 5. The molecule has 1 N–H and O–H groups in total. The van der Waals surface area contributed by atoms with Crippen molar-refractivity contribution in [3.05, 3.63) is 29.3 Å². The van der Waals surface area contributed by atoms with Crippen molar-refractivity contribution in [1.29, 1.82) is 0 Å². The Bertz CT molecular complexity index is 951. The van der Waals surface area contributed by atoms with Crippen LogP contribution in [0.3, 0.4) is 0 Å². The van der Waals surface area contributed by atoms with Gasteiger partial charge in [-0.1, -0.05) is 6.07 Å². The highest BCUT2D eigenvalue weighted by molar-refractivity contribution is 7.89. The van der Waals surface area contributed by atoms with Crippen LogP contribution in [0.25, 0.3) is 0 Å². The summed E-state index contributed by atoms with van der Waals surface area (Å²) in [7, 11) is -3.59. The first-order chi connectivity index (χ1) is 13.5. The van der Waals surface area contributed by atoms with Crippen molar-refractivity contribution in [2.24, 2.45) is 0 Å². The fourth-order valence-corrected chi connectivity index (χ4v) is 5.09. The topological polar surface area (TPSA) is 99.5 Å². The molecule has 0 aliphatic carbocycles. The number of sulfonamides is 1. The van der Waals surface area contributed by atoms with Gasteiger partial charge in [0, 0.05) is 6.04 Å². The highest BCUT2D eigenvalue weighted by atomic mass is 32.2. The predicted molar refractivity (Wildman–Crippen MR) is 104 cm³/mol. The molecule has 0 spiro atoms. The lowest BCUT2D eigenvalue weighted by Gasteiger charge is -2.32. The third-order valence-electron chi connectivity index (χ3n) is 5.53. The van der Waals surface area contributed by atoms with Gasteiger partial charge in [-0.3, -0.25) is 14.5 Å². The van der Waals surface area contributed by atoms with E-state index in [4.69, 9.17) is 0 Å². The van der Waals surface area contributed by atoms with Gasteiger partial charge in [0.1, 0.15) is 0 Å². The van der Waals surface area contributed by atoms with E-state index < -0.39 is 27.9 Å². The van der Waals surface area contributed by atoms with Crippen molar-refractivity contribution < 1.29 is 27.7 Å². The summed E-state index contributed by atoms with van der Waals surface area (Å²) in [5.74, 6) is -1.62. The first kappa shape index (κ1) is 21.4. The van der Waals surface area contributed by atoms with Crippen molar-refractivity contribution in [2.75, 3.05) is 32.8 Å². The number of quaternary nitrogens is 1. The summed E-state index contributed by atoms with van der Waals surface area (Å²) in [6.07, 6.45) is 0. The second-order valence-corrected chi connectivity index (χ2v) is 9.78. The number of hydrogen-bond donors (Lipinski definition) is 1. The van der Waals surface area contributed by atoms with Gasteiger partial charge in [-0.25, -0.2) is 18.1 Å². The standard InChI is InChI=1S/C19H26N4O5S/c1-13(2)23-18(25)17(24)22(19(23)26)12-20-7-9-21(10-8-20)29(27,28)16-6-5-14(3)15(4)11-16/h5-6,11,13H,7-10,12H2,1-4H3/p+1. The SMILES string of the molecule is Cc1ccc(S(=O)(=O)N2CC[NH+](CN3C(=O)C(=O)N(C(C)C)C3=O)CC2)cc1C. The number of benzene rings is 1. The van der Waals surface area contributed by atoms with Crippen LogP contribution in [0, 0.1) is 13.8 Å². The van der Waals surface area contributed by atoms with Gasteiger partial charge in [0.25, 0.3) is 0 Å². The summed E-state index contributed by atoms with van der Waals surface area (Å²) in [4.78, 5) is 39.7. The van der Waals surface area contributed by atoms with Crippen LogP contribution in [-0.2, 0) is 19.6 Å². The van der Waals surface area contributed by atoms with E-state index in [1.165, 1.54) is 4.31 Å². The molecular weight excluding hydrogens is 396 g/mol. The lowest BCUT2D eigenvalue weighted by Crippen LogP contribution is -3.16. The number of hydrogen-bond acceptors (Lipinski definition) is 5. The maximum absolute atomic E-state index is 12.9. The van der Waals surface area contributed by atoms with Crippen LogP contribution in [0.4, 0.5) is 4.79 Å². The summed E-state index contributed by atoms with van der Waals surface area (Å²) in [6, 6.07) is 4.10. The Morgan fingerprint density at radius 1 is 1.00 bits per heavy atom. The van der Waals surface area contributed by atoms with Crippen molar-refractivity contribution in [3.63, 3.8) is 0 Å². The van der Waals surface area contributed by atoms with E-state index in [2.05, 4.69) is 0 Å². The Morgan fingerprint density at radius 2 is 1.62 bits per heavy atom. The van der Waals surface area contributed by atoms with Gasteiger partial charge in [-0.05, 0) is 51.0 Å². The summed E-state index contributed by atoms with van der Waals surface area (Å²) in [6.45, 7) is 8.66. The molecule has 0 radical (unpaired) electrons. The molecule has 2 aliphatic heterocycles. The van der Waals surface area contributed by atoms with E-state index in [0.717, 1.165) is 25.8 Å². The van der Waals surface area contributed by atoms with Crippen LogP contribution in [0.1, 0.15) is 25.0 Å². The van der Waals surface area contributed by atoms with Crippen molar-refractivity contribution >= 4 is 27.9 Å². The normalized spacial score (nSPS) is 19.7. The molecule has 158 valence electrons. The third kappa shape index (κ3) is 3.92. The summed E-state index contributed by atoms with van der Waals surface area (Å²) >= 11 is 0. The van der Waals surface area contributed by atoms with Crippen molar-refractivity contribution in [1.82, 2.24) is 14.1 Å². The first-order valence-electron chi connectivity index (χ1n) is 9.64. The second-order valence-electron chi connectivity index (χ2n) is 7.84. The van der Waals surface area contributed by atoms with Gasteiger partial charge >= 0.3 is 17.8 Å². The summed E-state index contributed by atoms with van der Waals surface area (Å²) in [5.41, 5.74) is 1.95. The molecule has 2 aliphatic rings. The number of carbonyl (C=O) groups excluding carboxylic acids is 3. The van der Waals surface area contributed by atoms with Gasteiger partial charge in [0.05, 0.1) is 31.1 Å². The fraction of sp³-hybridized carbons (Fsp3) is 0.526. The van der Waals surface area contributed by atoms with Gasteiger partial charge in [0.15, 0.2) is 6.67 Å². The summed E-state index contributed by atoms with van der Waals surface area (Å²) in [5, 5.41) is 0. The Hall–Kier alpha value is -2.30. The van der Waals surface area contributed by atoms with Crippen LogP contribution in [0.2, 0.25) is 0 Å². The van der Waals surface area contributed by atoms with Gasteiger partial charge in [-0.15, -0.1) is 0 Å². The monoisotopic (exact) mass is 423 g/mol. The van der Waals surface area contributed by atoms with E-state index >= 15 is 0 Å². The molecule has 3 rings (SSSR count). The Balaban J connectivity index is 1.65. The number of aryl methyl sites for hydroxylation is 2. The molecule has 9 nitrogen and oxygen atoms in total. The molecule has 4 amide bonds. The molecule has 0 saturated carbocycles. The number of piperazine rings is 1. The second kappa shape index (κ2) is 7.85. The molecule has 0 bridgehead atoms. The molecule has 1 aromatic carbocycles. The largest absolute Gasteiger partial charge is 0.338 e. The minimum absolute atomic E-state index is 0.0597. The zero-order valence-electron chi connectivity index (χ0n) is 17.1. The highest BCUT2D eigenvalue weighted by Crippen LogP contribution is 2.19. The minimum Gasteiger partial charge on any atom is -0.315 e. The number of imide groups is 2. The molecule has 2 fully saturated rings. The van der Waals surface area contributed by atoms with E-state index in [9.17, 15) is 22.8 Å². The van der Waals surface area contributed by atoms with Crippen LogP contribution in [0.15, 0.2) is 23.1 Å². The predicted octanol–water partition coefficient (Wildman–Crippen LogP) is -0.651. The average molecular weight is 424 g/mol. The molecule has 10 heteroatoms. The number of amides is 4. The molecular formula is C19H27N4O5S+. The third-order valence-corrected chi connectivity index (χ3v) is 7.42. The first-order valence-corrected chi connectivity index (χ1v) is 11.1. The molecule has 29 heavy (non-hydrogen) atoms. The van der Waals surface area contributed by atoms with Crippen LogP contribution in [0.5, 0.6) is 0 Å². The van der Waals surface area contributed by atoms with Gasteiger partial charge < -0.3 is 4.90 Å². The highest BCUT2D eigenvalue weighted by Gasteiger charge is 2.47. The van der Waals surface area contributed by atoms with Crippen LogP contribution >= 0.6 is 0 Å². The average Bonchev–Trinajstić information content (AvgIpc) is 2.87. The maximum Gasteiger partial charge on any atom is 0.338 e. The Kier molecular flexibility index (Phi) is 5.79. The van der Waals surface area contributed by atoms with Gasteiger partial charge in [-0.2, -0.15) is 4.31 Å². The fourth-order valence-electron chi connectivity index (χ4n) is 3.57. The molecule has 0 unspecified atom stereocenters. The quantitative estimate of drug-likeness (QED) is 0.501.